The summed E-state index contributed by atoms with van der Waals surface area (Å²) in [7, 11) is -1.79. The lowest BCUT2D eigenvalue weighted by atomic mass is 9.93. The number of rotatable bonds is 3. The highest BCUT2D eigenvalue weighted by Gasteiger charge is 2.35. The van der Waals surface area contributed by atoms with Crippen LogP contribution >= 0.6 is 38.0 Å². The SMILES string of the molecule is O=S(Br)c1c(Cl)cc2ccccc2c1-c1c(OC(F)(F)F)c(Cl)cc2ccccc12. The van der Waals surface area contributed by atoms with Crippen LogP contribution in [0.25, 0.3) is 32.7 Å². The number of hydrogen-bond acceptors (Lipinski definition) is 2. The first-order valence-electron chi connectivity index (χ1n) is 8.44. The zero-order valence-corrected chi connectivity index (χ0v) is 18.7. The summed E-state index contributed by atoms with van der Waals surface area (Å²) in [5.74, 6) is -0.575. The van der Waals surface area contributed by atoms with Crippen LogP contribution in [0.1, 0.15) is 0 Å². The van der Waals surface area contributed by atoms with Crippen molar-refractivity contribution in [2.75, 3.05) is 0 Å². The van der Waals surface area contributed by atoms with E-state index in [1.165, 1.54) is 6.07 Å². The van der Waals surface area contributed by atoms with Crippen LogP contribution in [0.5, 0.6) is 5.75 Å². The minimum atomic E-state index is -4.98. The highest BCUT2D eigenvalue weighted by Crippen LogP contribution is 2.50. The minimum absolute atomic E-state index is 0.0666. The molecule has 0 fully saturated rings. The normalized spacial score (nSPS) is 13.0. The summed E-state index contributed by atoms with van der Waals surface area (Å²) in [6.07, 6.45) is -4.98. The molecular weight excluding hydrogens is 524 g/mol. The van der Waals surface area contributed by atoms with Gasteiger partial charge in [0, 0.05) is 25.9 Å². The van der Waals surface area contributed by atoms with Gasteiger partial charge in [0.25, 0.3) is 0 Å². The third kappa shape index (κ3) is 3.91. The maximum Gasteiger partial charge on any atom is 0.573 e. The summed E-state index contributed by atoms with van der Waals surface area (Å²) in [4.78, 5) is 0.134. The summed E-state index contributed by atoms with van der Waals surface area (Å²) in [5, 5.41) is 2.19. The number of halogens is 6. The van der Waals surface area contributed by atoms with Gasteiger partial charge in [0.1, 0.15) is 9.23 Å². The van der Waals surface area contributed by atoms with Gasteiger partial charge in [-0.1, -0.05) is 71.7 Å². The van der Waals surface area contributed by atoms with Gasteiger partial charge in [0.15, 0.2) is 5.75 Å². The van der Waals surface area contributed by atoms with Gasteiger partial charge in [-0.05, 0) is 33.7 Å². The van der Waals surface area contributed by atoms with Gasteiger partial charge >= 0.3 is 6.36 Å². The molecule has 1 atom stereocenters. The zero-order chi connectivity index (χ0) is 21.6. The van der Waals surface area contributed by atoms with E-state index in [4.69, 9.17) is 23.2 Å². The lowest BCUT2D eigenvalue weighted by molar-refractivity contribution is -0.274. The standard InChI is InChI=1S/C21H10BrCl2F3O2S/c22-30(28)20-16(24)10-12-6-2-4-8-14(12)18(20)17-13-7-3-1-5-11(13)9-15(23)19(17)29-21(25,26)27/h1-10H. The number of hydrogen-bond donors (Lipinski definition) is 0. The lowest BCUT2D eigenvalue weighted by Gasteiger charge is -2.21. The largest absolute Gasteiger partial charge is 0.573 e. The molecule has 0 heterocycles. The minimum Gasteiger partial charge on any atom is -0.404 e. The van der Waals surface area contributed by atoms with Gasteiger partial charge in [0.2, 0.25) is 0 Å². The Labute approximate surface area is 189 Å². The molecule has 30 heavy (non-hydrogen) atoms. The van der Waals surface area contributed by atoms with Crippen molar-refractivity contribution in [3.8, 4) is 16.9 Å². The summed E-state index contributed by atoms with van der Waals surface area (Å²) < 4.78 is 56.8. The van der Waals surface area contributed by atoms with E-state index in [9.17, 15) is 17.4 Å². The maximum atomic E-state index is 13.3. The van der Waals surface area contributed by atoms with Crippen LogP contribution < -0.4 is 4.74 Å². The molecule has 0 aliphatic carbocycles. The van der Waals surface area contributed by atoms with Crippen molar-refractivity contribution in [2.24, 2.45) is 0 Å². The van der Waals surface area contributed by atoms with E-state index in [2.05, 4.69) is 19.5 Å². The average molecular weight is 534 g/mol. The summed E-state index contributed by atoms with van der Waals surface area (Å²) >= 11 is 15.7. The molecule has 1 unspecified atom stereocenters. The van der Waals surface area contributed by atoms with Crippen LogP contribution in [0.2, 0.25) is 10.0 Å². The van der Waals surface area contributed by atoms with Crippen LogP contribution in [0.3, 0.4) is 0 Å². The topological polar surface area (TPSA) is 26.3 Å². The van der Waals surface area contributed by atoms with E-state index < -0.39 is 21.3 Å². The first kappa shape index (κ1) is 21.4. The molecule has 9 heteroatoms. The van der Waals surface area contributed by atoms with Crippen molar-refractivity contribution in [1.82, 2.24) is 0 Å². The average Bonchev–Trinajstić information content (AvgIpc) is 2.66. The van der Waals surface area contributed by atoms with Gasteiger partial charge in [-0.3, -0.25) is 0 Å². The number of alkyl halides is 3. The number of fused-ring (bicyclic) bond motifs is 2. The zero-order valence-electron chi connectivity index (χ0n) is 14.8. The van der Waals surface area contributed by atoms with E-state index in [-0.39, 0.29) is 26.1 Å². The molecule has 4 rings (SSSR count). The van der Waals surface area contributed by atoms with Crippen LogP contribution in [0.4, 0.5) is 13.2 Å². The Balaban J connectivity index is 2.27. The molecule has 0 radical (unpaired) electrons. The van der Waals surface area contributed by atoms with Gasteiger partial charge in [-0.15, -0.1) is 13.2 Å². The van der Waals surface area contributed by atoms with E-state index >= 15 is 0 Å². The molecule has 0 amide bonds. The lowest BCUT2D eigenvalue weighted by Crippen LogP contribution is -2.18. The first-order chi connectivity index (χ1) is 14.2. The molecule has 0 aliphatic rings. The van der Waals surface area contributed by atoms with E-state index in [1.54, 1.807) is 54.6 Å². The fourth-order valence-electron chi connectivity index (χ4n) is 3.46. The Morgan fingerprint density at radius 3 is 1.87 bits per heavy atom. The van der Waals surface area contributed by atoms with Crippen molar-refractivity contribution < 1.29 is 22.1 Å². The quantitative estimate of drug-likeness (QED) is 0.248. The number of ether oxygens (including phenoxy) is 1. The van der Waals surface area contributed by atoms with Crippen LogP contribution in [0.15, 0.2) is 65.6 Å². The predicted octanol–water partition coefficient (Wildman–Crippen LogP) is 8.28. The van der Waals surface area contributed by atoms with Crippen LogP contribution in [0, 0.1) is 0 Å². The summed E-state index contributed by atoms with van der Waals surface area (Å²) in [6, 6.07) is 16.8. The molecule has 0 N–H and O–H groups in total. The van der Waals surface area contributed by atoms with E-state index in [0.29, 0.717) is 21.5 Å². The molecule has 0 bridgehead atoms. The second-order valence-electron chi connectivity index (χ2n) is 6.34. The first-order valence-corrected chi connectivity index (χ1v) is 12.2. The summed E-state index contributed by atoms with van der Waals surface area (Å²) in [6.45, 7) is 0. The van der Waals surface area contributed by atoms with E-state index in [1.807, 2.05) is 0 Å². The van der Waals surface area contributed by atoms with Crippen molar-refractivity contribution >= 4 is 68.8 Å². The Morgan fingerprint density at radius 2 is 1.33 bits per heavy atom. The van der Waals surface area contributed by atoms with Gasteiger partial charge in [-0.25, -0.2) is 4.21 Å². The monoisotopic (exact) mass is 532 g/mol. The van der Waals surface area contributed by atoms with Crippen molar-refractivity contribution in [2.45, 2.75) is 11.3 Å². The van der Waals surface area contributed by atoms with Gasteiger partial charge in [-0.2, -0.15) is 0 Å². The molecule has 0 saturated carbocycles. The fraction of sp³-hybridized carbons (Fsp3) is 0.0476. The highest BCUT2D eigenvalue weighted by atomic mass is 79.9. The molecule has 4 aromatic carbocycles. The molecule has 154 valence electrons. The summed E-state index contributed by atoms with van der Waals surface area (Å²) in [5.41, 5.74) is 0.322. The molecule has 0 aromatic heterocycles. The second kappa shape index (κ2) is 8.04. The Morgan fingerprint density at radius 1 is 0.833 bits per heavy atom. The van der Waals surface area contributed by atoms with E-state index in [0.717, 1.165) is 0 Å². The molecule has 0 saturated heterocycles. The second-order valence-corrected chi connectivity index (χ2v) is 9.77. The Bertz CT molecular complexity index is 1330. The predicted molar refractivity (Wildman–Crippen MR) is 119 cm³/mol. The maximum absolute atomic E-state index is 13.3. The highest BCUT2D eigenvalue weighted by molar-refractivity contribution is 9.46. The van der Waals surface area contributed by atoms with Crippen molar-refractivity contribution in [1.29, 1.82) is 0 Å². The van der Waals surface area contributed by atoms with Crippen molar-refractivity contribution in [3.63, 3.8) is 0 Å². The van der Waals surface area contributed by atoms with Gasteiger partial charge < -0.3 is 4.74 Å². The van der Waals surface area contributed by atoms with Crippen molar-refractivity contribution in [3.05, 3.63) is 70.7 Å². The third-order valence-corrected chi connectivity index (χ3v) is 6.95. The third-order valence-electron chi connectivity index (χ3n) is 4.54. The fourth-order valence-corrected chi connectivity index (χ4v) is 6.00. The van der Waals surface area contributed by atoms with Crippen LogP contribution in [-0.4, -0.2) is 10.6 Å². The Hall–Kier alpha value is -1.80. The number of benzene rings is 4. The molecule has 4 aromatic rings. The molecular formula is C21H10BrCl2F3O2S. The molecule has 0 aliphatic heterocycles. The molecule has 0 spiro atoms. The smallest absolute Gasteiger partial charge is 0.404 e. The van der Waals surface area contributed by atoms with Crippen LogP contribution in [-0.2, 0) is 9.23 Å². The molecule has 2 nitrogen and oxygen atoms in total. The Kier molecular flexibility index (Phi) is 5.74. The van der Waals surface area contributed by atoms with Gasteiger partial charge in [0.05, 0.1) is 14.9 Å².